The molecule has 1 aliphatic rings. The minimum absolute atomic E-state index is 0.0211. The van der Waals surface area contributed by atoms with Crippen LogP contribution in [0.3, 0.4) is 0 Å². The van der Waals surface area contributed by atoms with Gasteiger partial charge in [-0.3, -0.25) is 0 Å². The summed E-state index contributed by atoms with van der Waals surface area (Å²) in [5.41, 5.74) is 6.87. The van der Waals surface area contributed by atoms with Crippen LogP contribution in [0.15, 0.2) is 9.90 Å². The Kier molecular flexibility index (Phi) is 4.56. The van der Waals surface area contributed by atoms with Gasteiger partial charge in [0.25, 0.3) is 0 Å². The molecule has 6 nitrogen and oxygen atoms in total. The van der Waals surface area contributed by atoms with E-state index in [1.165, 1.54) is 0 Å². The van der Waals surface area contributed by atoms with Crippen LogP contribution in [-0.2, 0) is 16.7 Å². The standard InChI is InChI=1S/C15H22N4O2S/c1-3-20-10(2)13-17-11(9-22-13)8-12-18-14(19-21-12)15(16)6-4-5-7-15/h9-10H,3-8,16H2,1-2H3. The highest BCUT2D eigenvalue weighted by molar-refractivity contribution is 7.09. The quantitative estimate of drug-likeness (QED) is 0.880. The molecule has 1 aliphatic carbocycles. The summed E-state index contributed by atoms with van der Waals surface area (Å²) in [6, 6.07) is 0. The van der Waals surface area contributed by atoms with Crippen molar-refractivity contribution in [2.24, 2.45) is 5.73 Å². The Labute approximate surface area is 134 Å². The highest BCUT2D eigenvalue weighted by Gasteiger charge is 2.35. The van der Waals surface area contributed by atoms with Gasteiger partial charge in [0.15, 0.2) is 5.82 Å². The first kappa shape index (κ1) is 15.6. The first-order chi connectivity index (χ1) is 10.6. The van der Waals surface area contributed by atoms with Gasteiger partial charge in [0.2, 0.25) is 5.89 Å². The molecule has 1 saturated carbocycles. The fourth-order valence-electron chi connectivity index (χ4n) is 2.83. The first-order valence-electron chi connectivity index (χ1n) is 7.78. The summed E-state index contributed by atoms with van der Waals surface area (Å²) in [7, 11) is 0. The Morgan fingerprint density at radius 1 is 1.41 bits per heavy atom. The Bertz CT molecular complexity index is 619. The van der Waals surface area contributed by atoms with Crippen LogP contribution >= 0.6 is 11.3 Å². The molecular formula is C15H22N4O2S. The maximum absolute atomic E-state index is 6.35. The molecule has 3 rings (SSSR count). The fourth-order valence-corrected chi connectivity index (χ4v) is 3.65. The van der Waals surface area contributed by atoms with Gasteiger partial charge in [-0.2, -0.15) is 4.98 Å². The van der Waals surface area contributed by atoms with Crippen LogP contribution in [0, 0.1) is 0 Å². The second kappa shape index (κ2) is 6.44. The lowest BCUT2D eigenvalue weighted by Gasteiger charge is -2.17. The average molecular weight is 322 g/mol. The molecule has 1 atom stereocenters. The number of thiazole rings is 1. The maximum atomic E-state index is 6.35. The molecule has 0 spiro atoms. The van der Waals surface area contributed by atoms with Crippen LogP contribution in [-0.4, -0.2) is 21.7 Å². The molecule has 0 saturated heterocycles. The van der Waals surface area contributed by atoms with Crippen LogP contribution in [0.5, 0.6) is 0 Å². The third-order valence-electron chi connectivity index (χ3n) is 4.08. The summed E-state index contributed by atoms with van der Waals surface area (Å²) in [4.78, 5) is 9.06. The number of hydrogen-bond donors (Lipinski definition) is 1. The van der Waals surface area contributed by atoms with Crippen molar-refractivity contribution in [3.8, 4) is 0 Å². The summed E-state index contributed by atoms with van der Waals surface area (Å²) in [5.74, 6) is 1.21. The molecule has 0 radical (unpaired) electrons. The van der Waals surface area contributed by atoms with Gasteiger partial charge in [-0.1, -0.05) is 18.0 Å². The van der Waals surface area contributed by atoms with Crippen molar-refractivity contribution in [2.45, 2.75) is 57.6 Å². The molecule has 0 aliphatic heterocycles. The monoisotopic (exact) mass is 322 g/mol. The molecular weight excluding hydrogens is 300 g/mol. The van der Waals surface area contributed by atoms with E-state index < -0.39 is 5.54 Å². The van der Waals surface area contributed by atoms with E-state index in [0.717, 1.165) is 36.4 Å². The van der Waals surface area contributed by atoms with E-state index >= 15 is 0 Å². The molecule has 7 heteroatoms. The predicted molar refractivity (Wildman–Crippen MR) is 83.6 cm³/mol. The Hall–Kier alpha value is -1.31. The van der Waals surface area contributed by atoms with E-state index in [1.54, 1.807) is 11.3 Å². The van der Waals surface area contributed by atoms with Crippen LogP contribution in [0.25, 0.3) is 0 Å². The fraction of sp³-hybridized carbons (Fsp3) is 0.667. The molecule has 2 aromatic heterocycles. The largest absolute Gasteiger partial charge is 0.372 e. The second-order valence-corrected chi connectivity index (χ2v) is 6.72. The van der Waals surface area contributed by atoms with E-state index in [2.05, 4.69) is 15.1 Å². The molecule has 120 valence electrons. The van der Waals surface area contributed by atoms with Crippen molar-refractivity contribution < 1.29 is 9.26 Å². The van der Waals surface area contributed by atoms with Crippen molar-refractivity contribution in [3.63, 3.8) is 0 Å². The zero-order valence-corrected chi connectivity index (χ0v) is 13.9. The van der Waals surface area contributed by atoms with Crippen LogP contribution in [0.2, 0.25) is 0 Å². The van der Waals surface area contributed by atoms with Gasteiger partial charge in [-0.15, -0.1) is 11.3 Å². The van der Waals surface area contributed by atoms with E-state index in [0.29, 0.717) is 24.7 Å². The van der Waals surface area contributed by atoms with Crippen LogP contribution in [0.1, 0.15) is 68.1 Å². The summed E-state index contributed by atoms with van der Waals surface area (Å²) in [5, 5.41) is 7.07. The molecule has 0 amide bonds. The lowest BCUT2D eigenvalue weighted by molar-refractivity contribution is 0.0761. The molecule has 0 bridgehead atoms. The zero-order chi connectivity index (χ0) is 15.6. The van der Waals surface area contributed by atoms with E-state index in [1.807, 2.05) is 19.2 Å². The van der Waals surface area contributed by atoms with Crippen molar-refractivity contribution in [1.82, 2.24) is 15.1 Å². The second-order valence-electron chi connectivity index (χ2n) is 5.83. The topological polar surface area (TPSA) is 87.1 Å². The molecule has 0 aromatic carbocycles. The average Bonchev–Trinajstić information content (AvgIpc) is 3.20. The van der Waals surface area contributed by atoms with Gasteiger partial charge in [0.1, 0.15) is 11.1 Å². The summed E-state index contributed by atoms with van der Waals surface area (Å²) >= 11 is 1.60. The molecule has 2 N–H and O–H groups in total. The van der Waals surface area contributed by atoms with Crippen LogP contribution < -0.4 is 5.73 Å². The SMILES string of the molecule is CCOC(C)c1nc(Cc2nc(C3(N)CCCC3)no2)cs1. The van der Waals surface area contributed by atoms with Gasteiger partial charge in [0, 0.05) is 12.0 Å². The molecule has 2 aromatic rings. The van der Waals surface area contributed by atoms with Crippen molar-refractivity contribution in [2.75, 3.05) is 6.61 Å². The molecule has 22 heavy (non-hydrogen) atoms. The van der Waals surface area contributed by atoms with Gasteiger partial charge in [0.05, 0.1) is 17.7 Å². The van der Waals surface area contributed by atoms with Gasteiger partial charge >= 0.3 is 0 Å². The first-order valence-corrected chi connectivity index (χ1v) is 8.66. The van der Waals surface area contributed by atoms with E-state index in [4.69, 9.17) is 15.0 Å². The highest BCUT2D eigenvalue weighted by Crippen LogP contribution is 2.34. The lowest BCUT2D eigenvalue weighted by atomic mass is 9.99. The lowest BCUT2D eigenvalue weighted by Crippen LogP contribution is -2.34. The smallest absolute Gasteiger partial charge is 0.232 e. The number of nitrogens with zero attached hydrogens (tertiary/aromatic N) is 3. The third-order valence-corrected chi connectivity index (χ3v) is 5.13. The van der Waals surface area contributed by atoms with Crippen molar-refractivity contribution in [1.29, 1.82) is 0 Å². The Balaban J connectivity index is 1.68. The number of rotatable bonds is 6. The Morgan fingerprint density at radius 2 is 2.18 bits per heavy atom. The summed E-state index contributed by atoms with van der Waals surface area (Å²) in [6.07, 6.45) is 4.68. The van der Waals surface area contributed by atoms with E-state index in [-0.39, 0.29) is 6.10 Å². The maximum Gasteiger partial charge on any atom is 0.232 e. The van der Waals surface area contributed by atoms with Crippen LogP contribution in [0.4, 0.5) is 0 Å². The van der Waals surface area contributed by atoms with Crippen molar-refractivity contribution >= 4 is 11.3 Å². The highest BCUT2D eigenvalue weighted by atomic mass is 32.1. The minimum Gasteiger partial charge on any atom is -0.372 e. The summed E-state index contributed by atoms with van der Waals surface area (Å²) < 4.78 is 10.9. The summed E-state index contributed by atoms with van der Waals surface area (Å²) in [6.45, 7) is 4.67. The normalized spacial score (nSPS) is 18.7. The molecule has 1 fully saturated rings. The molecule has 1 unspecified atom stereocenters. The van der Waals surface area contributed by atoms with E-state index in [9.17, 15) is 0 Å². The molecule has 2 heterocycles. The number of nitrogens with two attached hydrogens (primary N) is 1. The Morgan fingerprint density at radius 3 is 2.91 bits per heavy atom. The zero-order valence-electron chi connectivity index (χ0n) is 13.0. The number of aromatic nitrogens is 3. The van der Waals surface area contributed by atoms with Gasteiger partial charge < -0.3 is 15.0 Å². The predicted octanol–water partition coefficient (Wildman–Crippen LogP) is 2.94. The van der Waals surface area contributed by atoms with Gasteiger partial charge in [-0.05, 0) is 26.7 Å². The van der Waals surface area contributed by atoms with Gasteiger partial charge in [-0.25, -0.2) is 4.98 Å². The number of hydrogen-bond acceptors (Lipinski definition) is 7. The van der Waals surface area contributed by atoms with Crippen molar-refractivity contribution in [3.05, 3.63) is 27.8 Å². The third kappa shape index (κ3) is 3.21. The number of ether oxygens (including phenoxy) is 1. The minimum atomic E-state index is -0.404.